The van der Waals surface area contributed by atoms with Gasteiger partial charge in [-0.2, -0.15) is 0 Å². The Kier molecular flexibility index (Phi) is 4.83. The molecule has 0 aliphatic carbocycles. The van der Waals surface area contributed by atoms with Gasteiger partial charge in [-0.15, -0.1) is 0 Å². The molecule has 0 unspecified atom stereocenters. The van der Waals surface area contributed by atoms with Crippen molar-refractivity contribution < 1.29 is 9.21 Å². The van der Waals surface area contributed by atoms with E-state index in [-0.39, 0.29) is 5.91 Å². The van der Waals surface area contributed by atoms with Crippen LogP contribution in [-0.4, -0.2) is 24.4 Å². The number of hydrogen-bond acceptors (Lipinski definition) is 2. The summed E-state index contributed by atoms with van der Waals surface area (Å²) in [5.74, 6) is 1.59. The van der Waals surface area contributed by atoms with Crippen LogP contribution in [0, 0.1) is 6.92 Å². The standard InChI is InChI=1S/C13H19NO2/c1-4-5-10-14(3)13(15)9-8-12-7-6-11(2)16-12/h6-9H,4-5,10H2,1-3H3/b9-8+. The molecule has 0 bridgehead atoms. The Morgan fingerprint density at radius 3 is 2.81 bits per heavy atom. The molecular formula is C13H19NO2. The number of aryl methyl sites for hydroxylation is 1. The van der Waals surface area contributed by atoms with Crippen LogP contribution in [0.2, 0.25) is 0 Å². The van der Waals surface area contributed by atoms with E-state index in [4.69, 9.17) is 4.42 Å². The van der Waals surface area contributed by atoms with Gasteiger partial charge in [0.1, 0.15) is 11.5 Å². The topological polar surface area (TPSA) is 33.5 Å². The van der Waals surface area contributed by atoms with E-state index in [2.05, 4.69) is 6.92 Å². The van der Waals surface area contributed by atoms with Gasteiger partial charge >= 0.3 is 0 Å². The quantitative estimate of drug-likeness (QED) is 0.716. The molecular weight excluding hydrogens is 202 g/mol. The normalized spacial score (nSPS) is 10.9. The molecule has 0 radical (unpaired) electrons. The SMILES string of the molecule is CCCCN(C)C(=O)/C=C/c1ccc(C)o1. The van der Waals surface area contributed by atoms with Gasteiger partial charge in [0, 0.05) is 19.7 Å². The molecule has 16 heavy (non-hydrogen) atoms. The molecule has 3 heteroatoms. The second kappa shape index (κ2) is 6.16. The largest absolute Gasteiger partial charge is 0.462 e. The Morgan fingerprint density at radius 2 is 2.25 bits per heavy atom. The molecule has 0 aliphatic rings. The summed E-state index contributed by atoms with van der Waals surface area (Å²) in [7, 11) is 1.82. The van der Waals surface area contributed by atoms with Gasteiger partial charge in [0.25, 0.3) is 0 Å². The Bertz CT molecular complexity index is 366. The van der Waals surface area contributed by atoms with Gasteiger partial charge in [-0.05, 0) is 31.6 Å². The number of furan rings is 1. The van der Waals surface area contributed by atoms with Crippen LogP contribution in [0.5, 0.6) is 0 Å². The van der Waals surface area contributed by atoms with Crippen LogP contribution in [0.25, 0.3) is 6.08 Å². The van der Waals surface area contributed by atoms with Crippen molar-refractivity contribution in [1.29, 1.82) is 0 Å². The molecule has 88 valence electrons. The number of rotatable bonds is 5. The molecule has 1 aromatic rings. The van der Waals surface area contributed by atoms with Crippen molar-refractivity contribution in [3.8, 4) is 0 Å². The number of hydrogen-bond donors (Lipinski definition) is 0. The van der Waals surface area contributed by atoms with E-state index < -0.39 is 0 Å². The highest BCUT2D eigenvalue weighted by molar-refractivity contribution is 5.91. The molecule has 1 amide bonds. The predicted octanol–water partition coefficient (Wildman–Crippen LogP) is 2.86. The van der Waals surface area contributed by atoms with Crippen molar-refractivity contribution in [3.05, 3.63) is 29.7 Å². The van der Waals surface area contributed by atoms with Crippen LogP contribution in [0.4, 0.5) is 0 Å². The Hall–Kier alpha value is -1.51. The molecule has 1 aromatic heterocycles. The van der Waals surface area contributed by atoms with Crippen LogP contribution >= 0.6 is 0 Å². The average molecular weight is 221 g/mol. The number of carbonyl (C=O) groups is 1. The van der Waals surface area contributed by atoms with Crippen LogP contribution in [0.3, 0.4) is 0 Å². The number of likely N-dealkylation sites (N-methyl/N-ethyl adjacent to an activating group) is 1. The average Bonchev–Trinajstić information content (AvgIpc) is 2.68. The van der Waals surface area contributed by atoms with Crippen LogP contribution in [0.15, 0.2) is 22.6 Å². The molecule has 0 aromatic carbocycles. The zero-order valence-electron chi connectivity index (χ0n) is 10.2. The van der Waals surface area contributed by atoms with E-state index >= 15 is 0 Å². The first kappa shape index (κ1) is 12.6. The predicted molar refractivity (Wildman–Crippen MR) is 65.0 cm³/mol. The Labute approximate surface area is 96.7 Å². The first-order valence-electron chi connectivity index (χ1n) is 5.63. The lowest BCUT2D eigenvalue weighted by molar-refractivity contribution is -0.124. The Balaban J connectivity index is 2.47. The fraction of sp³-hybridized carbons (Fsp3) is 0.462. The fourth-order valence-electron chi connectivity index (χ4n) is 1.33. The maximum absolute atomic E-state index is 11.6. The molecule has 0 N–H and O–H groups in total. The molecule has 1 rings (SSSR count). The highest BCUT2D eigenvalue weighted by Gasteiger charge is 2.03. The summed E-state index contributed by atoms with van der Waals surface area (Å²) in [6, 6.07) is 3.73. The smallest absolute Gasteiger partial charge is 0.246 e. The van der Waals surface area contributed by atoms with Crippen LogP contribution < -0.4 is 0 Å². The van der Waals surface area contributed by atoms with Crippen molar-refractivity contribution in [3.63, 3.8) is 0 Å². The van der Waals surface area contributed by atoms with Crippen molar-refractivity contribution in [1.82, 2.24) is 4.90 Å². The van der Waals surface area contributed by atoms with Gasteiger partial charge in [0.2, 0.25) is 5.91 Å². The number of unbranched alkanes of at least 4 members (excludes halogenated alkanes) is 1. The molecule has 0 fully saturated rings. The summed E-state index contributed by atoms with van der Waals surface area (Å²) < 4.78 is 5.34. The van der Waals surface area contributed by atoms with Crippen molar-refractivity contribution in [2.45, 2.75) is 26.7 Å². The highest BCUT2D eigenvalue weighted by atomic mass is 16.3. The maximum atomic E-state index is 11.6. The molecule has 0 spiro atoms. The minimum atomic E-state index is 0.0162. The van der Waals surface area contributed by atoms with E-state index in [1.54, 1.807) is 17.1 Å². The first-order chi connectivity index (χ1) is 7.63. The van der Waals surface area contributed by atoms with E-state index in [1.807, 2.05) is 26.1 Å². The number of nitrogens with zero attached hydrogens (tertiary/aromatic N) is 1. The number of amides is 1. The van der Waals surface area contributed by atoms with E-state index in [0.29, 0.717) is 0 Å². The van der Waals surface area contributed by atoms with Gasteiger partial charge in [-0.1, -0.05) is 13.3 Å². The Morgan fingerprint density at radius 1 is 1.50 bits per heavy atom. The second-order valence-corrected chi connectivity index (χ2v) is 3.90. The third kappa shape index (κ3) is 3.93. The summed E-state index contributed by atoms with van der Waals surface area (Å²) in [6.07, 6.45) is 5.39. The summed E-state index contributed by atoms with van der Waals surface area (Å²) >= 11 is 0. The third-order valence-electron chi connectivity index (χ3n) is 2.37. The van der Waals surface area contributed by atoms with Gasteiger partial charge in [0.15, 0.2) is 0 Å². The van der Waals surface area contributed by atoms with Crippen molar-refractivity contribution in [2.24, 2.45) is 0 Å². The van der Waals surface area contributed by atoms with Crippen molar-refractivity contribution >= 4 is 12.0 Å². The zero-order valence-corrected chi connectivity index (χ0v) is 10.2. The molecule has 1 heterocycles. The summed E-state index contributed by atoms with van der Waals surface area (Å²) in [6.45, 7) is 4.79. The van der Waals surface area contributed by atoms with E-state index in [1.165, 1.54) is 0 Å². The van der Waals surface area contributed by atoms with Gasteiger partial charge < -0.3 is 9.32 Å². The summed E-state index contributed by atoms with van der Waals surface area (Å²) in [5.41, 5.74) is 0. The van der Waals surface area contributed by atoms with Gasteiger partial charge in [-0.25, -0.2) is 0 Å². The van der Waals surface area contributed by atoms with Crippen molar-refractivity contribution in [2.75, 3.05) is 13.6 Å². The fourth-order valence-corrected chi connectivity index (χ4v) is 1.33. The molecule has 0 aliphatic heterocycles. The minimum absolute atomic E-state index is 0.0162. The summed E-state index contributed by atoms with van der Waals surface area (Å²) in [5, 5.41) is 0. The lowest BCUT2D eigenvalue weighted by atomic mass is 10.3. The highest BCUT2D eigenvalue weighted by Crippen LogP contribution is 2.08. The lowest BCUT2D eigenvalue weighted by Gasteiger charge is -2.13. The van der Waals surface area contributed by atoms with Gasteiger partial charge in [-0.3, -0.25) is 4.79 Å². The minimum Gasteiger partial charge on any atom is -0.462 e. The van der Waals surface area contributed by atoms with E-state index in [0.717, 1.165) is 30.9 Å². The molecule has 3 nitrogen and oxygen atoms in total. The first-order valence-corrected chi connectivity index (χ1v) is 5.63. The lowest BCUT2D eigenvalue weighted by Crippen LogP contribution is -2.25. The monoisotopic (exact) mass is 221 g/mol. The maximum Gasteiger partial charge on any atom is 0.246 e. The second-order valence-electron chi connectivity index (χ2n) is 3.90. The van der Waals surface area contributed by atoms with Crippen LogP contribution in [-0.2, 0) is 4.79 Å². The van der Waals surface area contributed by atoms with Gasteiger partial charge in [0.05, 0.1) is 0 Å². The molecule has 0 saturated carbocycles. The third-order valence-corrected chi connectivity index (χ3v) is 2.37. The molecule has 0 saturated heterocycles. The van der Waals surface area contributed by atoms with E-state index in [9.17, 15) is 4.79 Å². The van der Waals surface area contributed by atoms with Crippen LogP contribution in [0.1, 0.15) is 31.3 Å². The number of carbonyl (C=O) groups excluding carboxylic acids is 1. The zero-order chi connectivity index (χ0) is 12.0. The molecule has 0 atom stereocenters. The summed E-state index contributed by atoms with van der Waals surface area (Å²) in [4.78, 5) is 13.3.